The van der Waals surface area contributed by atoms with Crippen molar-refractivity contribution in [2.24, 2.45) is 10.9 Å². The van der Waals surface area contributed by atoms with Crippen LogP contribution in [0, 0.1) is 5.82 Å². The van der Waals surface area contributed by atoms with Crippen LogP contribution in [0.1, 0.15) is 24.5 Å². The monoisotopic (exact) mass is 269 g/mol. The van der Waals surface area contributed by atoms with Crippen LogP contribution in [0.15, 0.2) is 23.4 Å². The standard InChI is InChI=1S/C13H20FN3O2/c1-2-17(6-3-7-18)9-11-5-4-10(8-12(11)14)13(15)16-19/h4-5,8,18-19H,2-3,6-7,9H2,1H3,(H2,15,16). The zero-order valence-electron chi connectivity index (χ0n) is 11.0. The molecule has 5 nitrogen and oxygen atoms in total. The Balaban J connectivity index is 2.78. The Morgan fingerprint density at radius 1 is 1.47 bits per heavy atom. The number of halogens is 1. The number of aliphatic hydroxyl groups excluding tert-OH is 1. The minimum absolute atomic E-state index is 0.113. The number of nitrogens with two attached hydrogens (primary N) is 1. The molecule has 0 aliphatic heterocycles. The number of aliphatic hydroxyl groups is 1. The number of benzene rings is 1. The molecule has 1 aromatic rings. The first-order chi connectivity index (χ1) is 9.12. The molecule has 0 fully saturated rings. The van der Waals surface area contributed by atoms with Gasteiger partial charge in [-0.1, -0.05) is 24.2 Å². The van der Waals surface area contributed by atoms with E-state index in [2.05, 4.69) is 5.16 Å². The highest BCUT2D eigenvalue weighted by Crippen LogP contribution is 2.13. The third kappa shape index (κ3) is 4.50. The van der Waals surface area contributed by atoms with Gasteiger partial charge in [-0.2, -0.15) is 0 Å². The van der Waals surface area contributed by atoms with E-state index in [0.717, 1.165) is 6.54 Å². The van der Waals surface area contributed by atoms with E-state index in [0.29, 0.717) is 30.6 Å². The summed E-state index contributed by atoms with van der Waals surface area (Å²) in [4.78, 5) is 2.04. The first-order valence-electron chi connectivity index (χ1n) is 6.21. The smallest absolute Gasteiger partial charge is 0.170 e. The predicted molar refractivity (Wildman–Crippen MR) is 71.6 cm³/mol. The molecule has 0 spiro atoms. The highest BCUT2D eigenvalue weighted by atomic mass is 19.1. The van der Waals surface area contributed by atoms with Crippen LogP contribution >= 0.6 is 0 Å². The van der Waals surface area contributed by atoms with E-state index in [1.165, 1.54) is 6.07 Å². The van der Waals surface area contributed by atoms with Crippen molar-refractivity contribution in [3.8, 4) is 0 Å². The Hall–Kier alpha value is -1.66. The molecular weight excluding hydrogens is 249 g/mol. The molecule has 0 aliphatic carbocycles. The lowest BCUT2D eigenvalue weighted by molar-refractivity contribution is 0.224. The maximum atomic E-state index is 13.9. The lowest BCUT2D eigenvalue weighted by Crippen LogP contribution is -2.25. The van der Waals surface area contributed by atoms with Gasteiger partial charge in [-0.05, 0) is 19.0 Å². The SMILES string of the molecule is CCN(CCCO)Cc1ccc(/C(N)=N/O)cc1F. The highest BCUT2D eigenvalue weighted by Gasteiger charge is 2.10. The summed E-state index contributed by atoms with van der Waals surface area (Å²) in [6, 6.07) is 4.50. The van der Waals surface area contributed by atoms with Crippen molar-refractivity contribution in [3.63, 3.8) is 0 Å². The number of oxime groups is 1. The molecule has 0 saturated carbocycles. The molecule has 0 bridgehead atoms. The lowest BCUT2D eigenvalue weighted by Gasteiger charge is -2.20. The molecule has 19 heavy (non-hydrogen) atoms. The third-order valence-corrected chi connectivity index (χ3v) is 2.93. The van der Waals surface area contributed by atoms with Crippen molar-refractivity contribution in [3.05, 3.63) is 35.1 Å². The van der Waals surface area contributed by atoms with E-state index in [1.807, 2.05) is 11.8 Å². The largest absolute Gasteiger partial charge is 0.409 e. The normalized spacial score (nSPS) is 12.1. The highest BCUT2D eigenvalue weighted by molar-refractivity contribution is 5.97. The minimum atomic E-state index is -0.383. The fourth-order valence-electron chi connectivity index (χ4n) is 1.78. The summed E-state index contributed by atoms with van der Waals surface area (Å²) in [6.07, 6.45) is 0.664. The van der Waals surface area contributed by atoms with E-state index in [4.69, 9.17) is 16.0 Å². The van der Waals surface area contributed by atoms with Gasteiger partial charge in [0.05, 0.1) is 0 Å². The zero-order valence-corrected chi connectivity index (χ0v) is 11.0. The van der Waals surface area contributed by atoms with Crippen LogP contribution in [0.25, 0.3) is 0 Å². The quantitative estimate of drug-likeness (QED) is 0.300. The van der Waals surface area contributed by atoms with Gasteiger partial charge < -0.3 is 16.0 Å². The average molecular weight is 269 g/mol. The average Bonchev–Trinajstić information content (AvgIpc) is 2.44. The molecule has 0 aromatic heterocycles. The van der Waals surface area contributed by atoms with Crippen molar-refractivity contribution < 1.29 is 14.7 Å². The van der Waals surface area contributed by atoms with Crippen LogP contribution in [-0.2, 0) is 6.54 Å². The minimum Gasteiger partial charge on any atom is -0.409 e. The van der Waals surface area contributed by atoms with Crippen molar-refractivity contribution in [1.82, 2.24) is 4.90 Å². The molecule has 1 rings (SSSR count). The van der Waals surface area contributed by atoms with Gasteiger partial charge in [0, 0.05) is 30.8 Å². The number of hydrogen-bond acceptors (Lipinski definition) is 4. The second kappa shape index (κ2) is 7.70. The summed E-state index contributed by atoms with van der Waals surface area (Å²) >= 11 is 0. The van der Waals surface area contributed by atoms with Crippen LogP contribution in [0.4, 0.5) is 4.39 Å². The van der Waals surface area contributed by atoms with Crippen LogP contribution < -0.4 is 5.73 Å². The van der Waals surface area contributed by atoms with Crippen molar-refractivity contribution >= 4 is 5.84 Å². The number of nitrogens with zero attached hydrogens (tertiary/aromatic N) is 2. The molecule has 106 valence electrons. The van der Waals surface area contributed by atoms with Crippen LogP contribution in [0.3, 0.4) is 0 Å². The Morgan fingerprint density at radius 3 is 2.74 bits per heavy atom. The Bertz CT molecular complexity index is 438. The van der Waals surface area contributed by atoms with Gasteiger partial charge in [0.2, 0.25) is 0 Å². The van der Waals surface area contributed by atoms with Gasteiger partial charge in [0.25, 0.3) is 0 Å². The molecular formula is C13H20FN3O2. The molecule has 0 aliphatic rings. The number of rotatable bonds is 7. The molecule has 4 N–H and O–H groups in total. The lowest BCUT2D eigenvalue weighted by atomic mass is 10.1. The molecule has 0 amide bonds. The number of amidine groups is 1. The maximum Gasteiger partial charge on any atom is 0.170 e. The third-order valence-electron chi connectivity index (χ3n) is 2.93. The molecule has 0 radical (unpaired) electrons. The van der Waals surface area contributed by atoms with E-state index < -0.39 is 0 Å². The molecule has 0 saturated heterocycles. The summed E-state index contributed by atoms with van der Waals surface area (Å²) < 4.78 is 13.9. The van der Waals surface area contributed by atoms with Crippen LogP contribution in [0.5, 0.6) is 0 Å². The van der Waals surface area contributed by atoms with Gasteiger partial charge in [0.1, 0.15) is 5.82 Å². The summed E-state index contributed by atoms with van der Waals surface area (Å²) in [5, 5.41) is 20.2. The molecule has 0 heterocycles. The van der Waals surface area contributed by atoms with Gasteiger partial charge in [-0.3, -0.25) is 4.90 Å². The van der Waals surface area contributed by atoms with E-state index in [-0.39, 0.29) is 18.3 Å². The summed E-state index contributed by atoms with van der Waals surface area (Å²) in [5.74, 6) is -0.496. The predicted octanol–water partition coefficient (Wildman–Crippen LogP) is 1.12. The summed E-state index contributed by atoms with van der Waals surface area (Å²) in [5.41, 5.74) is 6.30. The van der Waals surface area contributed by atoms with Crippen molar-refractivity contribution in [2.45, 2.75) is 19.9 Å². The Labute approximate surface area is 112 Å². The summed E-state index contributed by atoms with van der Waals surface area (Å²) in [7, 11) is 0. The van der Waals surface area contributed by atoms with Crippen LogP contribution in [0.2, 0.25) is 0 Å². The van der Waals surface area contributed by atoms with Crippen LogP contribution in [-0.4, -0.2) is 40.7 Å². The fourth-order valence-corrected chi connectivity index (χ4v) is 1.78. The molecule has 0 unspecified atom stereocenters. The Kier molecular flexibility index (Phi) is 6.24. The van der Waals surface area contributed by atoms with Gasteiger partial charge >= 0.3 is 0 Å². The van der Waals surface area contributed by atoms with Gasteiger partial charge in [-0.25, -0.2) is 4.39 Å². The molecule has 6 heteroatoms. The zero-order chi connectivity index (χ0) is 14.3. The van der Waals surface area contributed by atoms with E-state index in [1.54, 1.807) is 12.1 Å². The molecule has 0 atom stereocenters. The first-order valence-corrected chi connectivity index (χ1v) is 6.21. The topological polar surface area (TPSA) is 82.1 Å². The Morgan fingerprint density at radius 2 is 2.21 bits per heavy atom. The summed E-state index contributed by atoms with van der Waals surface area (Å²) in [6.45, 7) is 4.08. The van der Waals surface area contributed by atoms with Crippen molar-refractivity contribution in [2.75, 3.05) is 19.7 Å². The maximum absolute atomic E-state index is 13.9. The van der Waals surface area contributed by atoms with E-state index >= 15 is 0 Å². The molecule has 1 aromatic carbocycles. The van der Waals surface area contributed by atoms with Gasteiger partial charge in [0.15, 0.2) is 5.84 Å². The van der Waals surface area contributed by atoms with Crippen molar-refractivity contribution in [1.29, 1.82) is 0 Å². The second-order valence-electron chi connectivity index (χ2n) is 4.24. The number of hydrogen-bond donors (Lipinski definition) is 3. The van der Waals surface area contributed by atoms with Gasteiger partial charge in [-0.15, -0.1) is 0 Å². The van der Waals surface area contributed by atoms with E-state index in [9.17, 15) is 4.39 Å². The second-order valence-corrected chi connectivity index (χ2v) is 4.24. The fraction of sp³-hybridized carbons (Fsp3) is 0.462. The first kappa shape index (κ1) is 15.4.